The fraction of sp³-hybridized carbons (Fsp3) is 0.417. The van der Waals surface area contributed by atoms with Gasteiger partial charge in [0.05, 0.1) is 24.3 Å². The molecule has 0 radical (unpaired) electrons. The number of carbonyl (C=O) groups is 2. The summed E-state index contributed by atoms with van der Waals surface area (Å²) in [7, 11) is 2.12. The summed E-state index contributed by atoms with van der Waals surface area (Å²) in [6, 6.07) is 15.6. The number of ether oxygens (including phenoxy) is 1. The molecule has 2 aromatic carbocycles. The number of unbranched alkanes of at least 4 members (excludes halogenated alkanes) is 1. The Morgan fingerprint density at radius 1 is 0.900 bits per heavy atom. The van der Waals surface area contributed by atoms with Crippen LogP contribution in [0.15, 0.2) is 48.5 Å². The molecule has 1 fully saturated rings. The predicted octanol–water partition coefficient (Wildman–Crippen LogP) is 3.03. The number of fused-ring (bicyclic) bond motifs is 1. The molecule has 2 heterocycles. The number of nitrogens with zero attached hydrogens (tertiary/aromatic N) is 3. The van der Waals surface area contributed by atoms with Gasteiger partial charge in [0.25, 0.3) is 11.8 Å². The minimum absolute atomic E-state index is 0.164. The molecule has 2 aromatic rings. The van der Waals surface area contributed by atoms with Gasteiger partial charge in [0.15, 0.2) is 0 Å². The normalized spacial score (nSPS) is 16.5. The van der Waals surface area contributed by atoms with Gasteiger partial charge in [-0.1, -0.05) is 30.3 Å². The van der Waals surface area contributed by atoms with Crippen molar-refractivity contribution in [2.24, 2.45) is 0 Å². The van der Waals surface area contributed by atoms with Crippen LogP contribution in [-0.2, 0) is 11.3 Å². The molecule has 30 heavy (non-hydrogen) atoms. The van der Waals surface area contributed by atoms with E-state index in [1.807, 2.05) is 0 Å². The van der Waals surface area contributed by atoms with Crippen LogP contribution < -0.4 is 4.90 Å². The molecule has 0 aromatic heterocycles. The van der Waals surface area contributed by atoms with E-state index in [0.29, 0.717) is 17.7 Å². The van der Waals surface area contributed by atoms with Crippen LogP contribution in [0.2, 0.25) is 0 Å². The average molecular weight is 408 g/mol. The number of hydrogen-bond donors (Lipinski definition) is 0. The quantitative estimate of drug-likeness (QED) is 0.497. The van der Waals surface area contributed by atoms with Crippen molar-refractivity contribution in [1.82, 2.24) is 9.80 Å². The topological polar surface area (TPSA) is 53.1 Å². The van der Waals surface area contributed by atoms with Crippen LogP contribution in [0, 0.1) is 0 Å². The van der Waals surface area contributed by atoms with Gasteiger partial charge >= 0.3 is 0 Å². The second kappa shape index (κ2) is 9.41. The highest BCUT2D eigenvalue weighted by atomic mass is 16.5. The van der Waals surface area contributed by atoms with E-state index >= 15 is 0 Å². The predicted molar refractivity (Wildman–Crippen MR) is 117 cm³/mol. The zero-order valence-corrected chi connectivity index (χ0v) is 17.5. The van der Waals surface area contributed by atoms with Crippen LogP contribution in [-0.4, -0.2) is 68.1 Å². The number of para-hydroxylation sites is 1. The Kier molecular flexibility index (Phi) is 6.45. The highest BCUT2D eigenvalue weighted by Crippen LogP contribution is 2.24. The van der Waals surface area contributed by atoms with E-state index in [0.717, 1.165) is 52.2 Å². The van der Waals surface area contributed by atoms with Gasteiger partial charge < -0.3 is 14.5 Å². The Hall–Kier alpha value is -2.70. The lowest BCUT2D eigenvalue weighted by molar-refractivity contribution is 0.0650. The van der Waals surface area contributed by atoms with Crippen LogP contribution in [0.3, 0.4) is 0 Å². The summed E-state index contributed by atoms with van der Waals surface area (Å²) < 4.78 is 5.48. The van der Waals surface area contributed by atoms with Gasteiger partial charge in [-0.25, -0.2) is 0 Å². The van der Waals surface area contributed by atoms with Crippen LogP contribution in [0.25, 0.3) is 0 Å². The van der Waals surface area contributed by atoms with Crippen molar-refractivity contribution >= 4 is 17.5 Å². The van der Waals surface area contributed by atoms with Crippen molar-refractivity contribution in [2.75, 3.05) is 51.3 Å². The lowest BCUT2D eigenvalue weighted by Crippen LogP contribution is -2.37. The zero-order valence-electron chi connectivity index (χ0n) is 17.5. The summed E-state index contributed by atoms with van der Waals surface area (Å²) in [5.41, 5.74) is 3.67. The largest absolute Gasteiger partial charge is 0.378 e. The first kappa shape index (κ1) is 20.6. The molecular formula is C24H29N3O3. The highest BCUT2D eigenvalue weighted by Gasteiger charge is 2.34. The van der Waals surface area contributed by atoms with Gasteiger partial charge in [-0.2, -0.15) is 0 Å². The van der Waals surface area contributed by atoms with Gasteiger partial charge in [-0.15, -0.1) is 0 Å². The Balaban J connectivity index is 1.26. The molecule has 0 atom stereocenters. The lowest BCUT2D eigenvalue weighted by Gasteiger charge is -2.31. The van der Waals surface area contributed by atoms with Gasteiger partial charge in [-0.3, -0.25) is 14.5 Å². The minimum Gasteiger partial charge on any atom is -0.378 e. The molecule has 0 N–H and O–H groups in total. The Morgan fingerprint density at radius 3 is 2.23 bits per heavy atom. The third-order valence-corrected chi connectivity index (χ3v) is 5.83. The first-order valence-electron chi connectivity index (χ1n) is 10.7. The molecule has 0 unspecified atom stereocenters. The highest BCUT2D eigenvalue weighted by molar-refractivity contribution is 6.21. The summed E-state index contributed by atoms with van der Waals surface area (Å²) in [6.45, 7) is 5.69. The zero-order chi connectivity index (χ0) is 20.9. The van der Waals surface area contributed by atoms with E-state index in [2.05, 4.69) is 41.1 Å². The van der Waals surface area contributed by atoms with Crippen molar-refractivity contribution in [3.8, 4) is 0 Å². The molecule has 2 aliphatic heterocycles. The number of hydrogen-bond acceptors (Lipinski definition) is 5. The van der Waals surface area contributed by atoms with Crippen molar-refractivity contribution < 1.29 is 14.3 Å². The maximum atomic E-state index is 12.4. The molecule has 0 spiro atoms. The lowest BCUT2D eigenvalue weighted by atomic mass is 10.1. The standard InChI is InChI=1S/C24H29N3O3/c1-25(18-19-8-2-5-11-22(19)26-14-16-30-17-15-26)12-6-7-13-27-23(28)20-9-3-4-10-21(20)24(27)29/h2-5,8-11H,6-7,12-18H2,1H3. The average Bonchev–Trinajstić information content (AvgIpc) is 3.02. The fourth-order valence-corrected chi connectivity index (χ4v) is 4.22. The second-order valence-corrected chi connectivity index (χ2v) is 7.98. The molecule has 158 valence electrons. The minimum atomic E-state index is -0.164. The molecular weight excluding hydrogens is 378 g/mol. The third-order valence-electron chi connectivity index (χ3n) is 5.83. The van der Waals surface area contributed by atoms with E-state index in [1.54, 1.807) is 24.3 Å². The molecule has 6 nitrogen and oxygen atoms in total. The second-order valence-electron chi connectivity index (χ2n) is 7.98. The molecule has 1 saturated heterocycles. The van der Waals surface area contributed by atoms with Crippen LogP contribution in [0.4, 0.5) is 5.69 Å². The van der Waals surface area contributed by atoms with Gasteiger partial charge in [0, 0.05) is 31.9 Å². The van der Waals surface area contributed by atoms with E-state index in [4.69, 9.17) is 4.74 Å². The summed E-state index contributed by atoms with van der Waals surface area (Å²) in [4.78, 5) is 31.0. The first-order chi connectivity index (χ1) is 14.6. The van der Waals surface area contributed by atoms with Crippen molar-refractivity contribution in [1.29, 1.82) is 0 Å². The maximum Gasteiger partial charge on any atom is 0.261 e. The molecule has 2 aliphatic rings. The van der Waals surface area contributed by atoms with E-state index in [9.17, 15) is 9.59 Å². The molecule has 4 rings (SSSR count). The Bertz CT molecular complexity index is 873. The van der Waals surface area contributed by atoms with E-state index in [-0.39, 0.29) is 11.8 Å². The molecule has 0 bridgehead atoms. The summed E-state index contributed by atoms with van der Waals surface area (Å²) in [5, 5.41) is 0. The SMILES string of the molecule is CN(CCCCN1C(=O)c2ccccc2C1=O)Cc1ccccc1N1CCOCC1. The number of rotatable bonds is 8. The number of carbonyl (C=O) groups excluding carboxylic acids is 2. The van der Waals surface area contributed by atoms with Gasteiger partial charge in [-0.05, 0) is 50.2 Å². The number of benzene rings is 2. The first-order valence-corrected chi connectivity index (χ1v) is 10.7. The number of anilines is 1. The summed E-state index contributed by atoms with van der Waals surface area (Å²) in [5.74, 6) is -0.327. The molecule has 0 aliphatic carbocycles. The monoisotopic (exact) mass is 407 g/mol. The third kappa shape index (κ3) is 4.40. The number of amides is 2. The van der Waals surface area contributed by atoms with Crippen LogP contribution in [0.1, 0.15) is 39.1 Å². The number of imide groups is 1. The number of morpholine rings is 1. The van der Waals surface area contributed by atoms with E-state index < -0.39 is 0 Å². The van der Waals surface area contributed by atoms with Gasteiger partial charge in [0.1, 0.15) is 0 Å². The smallest absolute Gasteiger partial charge is 0.261 e. The fourth-order valence-electron chi connectivity index (χ4n) is 4.22. The molecule has 0 saturated carbocycles. The summed E-state index contributed by atoms with van der Waals surface area (Å²) >= 11 is 0. The van der Waals surface area contributed by atoms with E-state index in [1.165, 1.54) is 16.2 Å². The van der Waals surface area contributed by atoms with Crippen molar-refractivity contribution in [2.45, 2.75) is 19.4 Å². The molecule has 6 heteroatoms. The molecule has 2 amide bonds. The Morgan fingerprint density at radius 2 is 1.53 bits per heavy atom. The maximum absolute atomic E-state index is 12.4. The Labute approximate surface area is 178 Å². The summed E-state index contributed by atoms with van der Waals surface area (Å²) in [6.07, 6.45) is 1.74. The van der Waals surface area contributed by atoms with Crippen molar-refractivity contribution in [3.05, 3.63) is 65.2 Å². The van der Waals surface area contributed by atoms with Crippen LogP contribution in [0.5, 0.6) is 0 Å². The van der Waals surface area contributed by atoms with Crippen molar-refractivity contribution in [3.63, 3.8) is 0 Å². The van der Waals surface area contributed by atoms with Crippen LogP contribution >= 0.6 is 0 Å². The van der Waals surface area contributed by atoms with Gasteiger partial charge in [0.2, 0.25) is 0 Å².